The van der Waals surface area contributed by atoms with Crippen molar-refractivity contribution in [3.05, 3.63) is 50.4 Å². The first-order chi connectivity index (χ1) is 13.4. The molecule has 0 saturated carbocycles. The van der Waals surface area contributed by atoms with Crippen molar-refractivity contribution in [3.63, 3.8) is 0 Å². The average molecular weight is 382 g/mol. The van der Waals surface area contributed by atoms with Crippen LogP contribution in [0, 0.1) is 11.3 Å². The van der Waals surface area contributed by atoms with Crippen molar-refractivity contribution in [1.29, 1.82) is 5.26 Å². The van der Waals surface area contributed by atoms with Crippen LogP contribution in [0.3, 0.4) is 0 Å². The second-order valence-corrected chi connectivity index (χ2v) is 6.38. The quantitative estimate of drug-likeness (QED) is 0.616. The fraction of sp³-hybridized carbons (Fsp3) is 0.389. The third-order valence-electron chi connectivity index (χ3n) is 4.65. The van der Waals surface area contributed by atoms with E-state index in [1.807, 2.05) is 24.9 Å². The topological polar surface area (TPSA) is 128 Å². The number of nitriles is 1. The molecule has 0 radical (unpaired) electrons. The monoisotopic (exact) mass is 382 g/mol. The molecule has 0 amide bonds. The van der Waals surface area contributed by atoms with Crippen LogP contribution in [-0.2, 0) is 20.1 Å². The standard InChI is InChI=1S/C18H22N8O2/c1-4-25-14-15(22-17(25)23(2)9-7-19)24(3)18(28)26(16(14)27)11-13-12(10-20)6-5-8-21-13/h5-6,8H,4,7,9,11,19H2,1-3H3. The van der Waals surface area contributed by atoms with Gasteiger partial charge in [-0.1, -0.05) is 0 Å². The van der Waals surface area contributed by atoms with Crippen LogP contribution in [-0.4, -0.2) is 43.8 Å². The third kappa shape index (κ3) is 3.05. The van der Waals surface area contributed by atoms with Crippen molar-refractivity contribution >= 4 is 17.1 Å². The maximum absolute atomic E-state index is 13.2. The summed E-state index contributed by atoms with van der Waals surface area (Å²) in [5.41, 5.74) is 6.00. The molecular weight excluding hydrogens is 360 g/mol. The lowest BCUT2D eigenvalue weighted by Crippen LogP contribution is -2.40. The maximum atomic E-state index is 13.2. The zero-order chi connectivity index (χ0) is 20.4. The van der Waals surface area contributed by atoms with Crippen LogP contribution >= 0.6 is 0 Å². The van der Waals surface area contributed by atoms with Crippen LogP contribution in [0.15, 0.2) is 27.9 Å². The fourth-order valence-electron chi connectivity index (χ4n) is 3.20. The fourth-order valence-corrected chi connectivity index (χ4v) is 3.20. The SMILES string of the molecule is CCn1c(N(C)CCN)nc2c1c(=O)n(Cc1ncccc1C#N)c(=O)n2C. The molecule has 0 aliphatic rings. The summed E-state index contributed by atoms with van der Waals surface area (Å²) in [6.45, 7) is 3.31. The number of nitrogens with two attached hydrogens (primary N) is 1. The van der Waals surface area contributed by atoms with Gasteiger partial charge >= 0.3 is 5.69 Å². The average Bonchev–Trinajstić information content (AvgIpc) is 3.10. The molecule has 0 aliphatic carbocycles. The Morgan fingerprint density at radius 2 is 2.07 bits per heavy atom. The highest BCUT2D eigenvalue weighted by molar-refractivity contribution is 5.74. The van der Waals surface area contributed by atoms with Crippen LogP contribution < -0.4 is 21.9 Å². The lowest BCUT2D eigenvalue weighted by atomic mass is 10.2. The number of hydrogen-bond donors (Lipinski definition) is 1. The van der Waals surface area contributed by atoms with Gasteiger partial charge in [-0.25, -0.2) is 4.79 Å². The Bertz CT molecular complexity index is 1180. The van der Waals surface area contributed by atoms with Gasteiger partial charge in [0.05, 0.1) is 17.8 Å². The molecule has 10 nitrogen and oxygen atoms in total. The Morgan fingerprint density at radius 1 is 1.32 bits per heavy atom. The Balaban J connectivity index is 2.28. The predicted octanol–water partition coefficient (Wildman–Crippen LogP) is -0.374. The van der Waals surface area contributed by atoms with Crippen LogP contribution in [0.4, 0.5) is 5.95 Å². The maximum Gasteiger partial charge on any atom is 0.332 e. The molecule has 3 aromatic rings. The molecule has 0 saturated heterocycles. The van der Waals surface area contributed by atoms with E-state index >= 15 is 0 Å². The largest absolute Gasteiger partial charge is 0.344 e. The number of hydrogen-bond acceptors (Lipinski definition) is 7. The van der Waals surface area contributed by atoms with Gasteiger partial charge in [-0.3, -0.25) is 18.9 Å². The molecule has 0 spiro atoms. The van der Waals surface area contributed by atoms with Gasteiger partial charge in [-0.15, -0.1) is 0 Å². The van der Waals surface area contributed by atoms with Crippen molar-refractivity contribution < 1.29 is 0 Å². The number of rotatable bonds is 6. The van der Waals surface area contributed by atoms with E-state index in [0.717, 1.165) is 4.57 Å². The minimum Gasteiger partial charge on any atom is -0.344 e. The molecule has 0 fully saturated rings. The summed E-state index contributed by atoms with van der Waals surface area (Å²) in [4.78, 5) is 36.6. The van der Waals surface area contributed by atoms with E-state index in [0.29, 0.717) is 48.0 Å². The molecule has 2 N–H and O–H groups in total. The molecule has 0 aliphatic heterocycles. The van der Waals surface area contributed by atoms with E-state index in [1.165, 1.54) is 10.8 Å². The first kappa shape index (κ1) is 19.3. The van der Waals surface area contributed by atoms with Gasteiger partial charge in [0, 0.05) is 39.9 Å². The van der Waals surface area contributed by atoms with E-state index in [2.05, 4.69) is 9.97 Å². The summed E-state index contributed by atoms with van der Waals surface area (Å²) in [6, 6.07) is 5.28. The molecule has 0 atom stereocenters. The van der Waals surface area contributed by atoms with Crippen molar-refractivity contribution in [2.75, 3.05) is 25.0 Å². The lowest BCUT2D eigenvalue weighted by Gasteiger charge is -2.17. The first-order valence-corrected chi connectivity index (χ1v) is 8.89. The second kappa shape index (κ2) is 7.66. The van der Waals surface area contributed by atoms with Crippen molar-refractivity contribution in [2.45, 2.75) is 20.0 Å². The normalized spacial score (nSPS) is 11.0. The van der Waals surface area contributed by atoms with Crippen LogP contribution in [0.25, 0.3) is 11.2 Å². The number of fused-ring (bicyclic) bond motifs is 1. The number of pyridine rings is 1. The Kier molecular flexibility index (Phi) is 5.28. The molecule has 28 heavy (non-hydrogen) atoms. The highest BCUT2D eigenvalue weighted by atomic mass is 16.2. The molecule has 3 aromatic heterocycles. The summed E-state index contributed by atoms with van der Waals surface area (Å²) in [7, 11) is 3.41. The molecular formula is C18H22N8O2. The van der Waals surface area contributed by atoms with Crippen LogP contribution in [0.1, 0.15) is 18.2 Å². The van der Waals surface area contributed by atoms with Crippen molar-refractivity contribution in [1.82, 2.24) is 23.7 Å². The number of nitrogens with zero attached hydrogens (tertiary/aromatic N) is 7. The van der Waals surface area contributed by atoms with E-state index in [-0.39, 0.29) is 6.54 Å². The van der Waals surface area contributed by atoms with Gasteiger partial charge < -0.3 is 15.2 Å². The second-order valence-electron chi connectivity index (χ2n) is 6.38. The summed E-state index contributed by atoms with van der Waals surface area (Å²) in [5.74, 6) is 0.573. The predicted molar refractivity (Wildman–Crippen MR) is 105 cm³/mol. The number of anilines is 1. The van der Waals surface area contributed by atoms with E-state index in [4.69, 9.17) is 5.73 Å². The summed E-state index contributed by atoms with van der Waals surface area (Å²) >= 11 is 0. The number of aryl methyl sites for hydroxylation is 2. The van der Waals surface area contributed by atoms with Gasteiger partial charge in [0.1, 0.15) is 6.07 Å². The van der Waals surface area contributed by atoms with Crippen LogP contribution in [0.5, 0.6) is 0 Å². The Hall–Kier alpha value is -3.45. The molecule has 3 rings (SSSR count). The Morgan fingerprint density at radius 3 is 2.71 bits per heavy atom. The van der Waals surface area contributed by atoms with E-state index in [9.17, 15) is 14.9 Å². The zero-order valence-electron chi connectivity index (χ0n) is 16.1. The number of aromatic nitrogens is 5. The highest BCUT2D eigenvalue weighted by Crippen LogP contribution is 2.18. The molecule has 0 bridgehead atoms. The van der Waals surface area contributed by atoms with E-state index < -0.39 is 11.2 Å². The molecule has 146 valence electrons. The Labute approximate surface area is 161 Å². The van der Waals surface area contributed by atoms with Gasteiger partial charge in [-0.2, -0.15) is 10.2 Å². The van der Waals surface area contributed by atoms with Gasteiger partial charge in [0.15, 0.2) is 11.2 Å². The third-order valence-corrected chi connectivity index (χ3v) is 4.65. The van der Waals surface area contributed by atoms with Gasteiger partial charge in [-0.05, 0) is 19.1 Å². The minimum atomic E-state index is -0.513. The first-order valence-electron chi connectivity index (χ1n) is 8.89. The lowest BCUT2D eigenvalue weighted by molar-refractivity contribution is 0.641. The van der Waals surface area contributed by atoms with Gasteiger partial charge in [0.2, 0.25) is 5.95 Å². The molecule has 10 heteroatoms. The summed E-state index contributed by atoms with van der Waals surface area (Å²) in [6.07, 6.45) is 1.53. The van der Waals surface area contributed by atoms with Crippen LogP contribution in [0.2, 0.25) is 0 Å². The van der Waals surface area contributed by atoms with Gasteiger partial charge in [0.25, 0.3) is 5.56 Å². The minimum absolute atomic E-state index is 0.0892. The van der Waals surface area contributed by atoms with Crippen molar-refractivity contribution in [3.8, 4) is 6.07 Å². The molecule has 3 heterocycles. The molecule has 0 unspecified atom stereocenters. The summed E-state index contributed by atoms with van der Waals surface area (Å²) < 4.78 is 4.20. The zero-order valence-corrected chi connectivity index (χ0v) is 16.1. The number of imidazole rings is 1. The smallest absolute Gasteiger partial charge is 0.332 e. The highest BCUT2D eigenvalue weighted by Gasteiger charge is 2.22. The van der Waals surface area contributed by atoms with Crippen molar-refractivity contribution in [2.24, 2.45) is 12.8 Å². The van der Waals surface area contributed by atoms with E-state index in [1.54, 1.807) is 23.7 Å². The summed E-state index contributed by atoms with van der Waals surface area (Å²) in [5, 5.41) is 9.27. The number of likely N-dealkylation sites (N-methyl/N-ethyl adjacent to an activating group) is 1. The molecule has 0 aromatic carbocycles.